The molecule has 29 heavy (non-hydrogen) atoms. The van der Waals surface area contributed by atoms with Crippen molar-refractivity contribution in [1.29, 1.82) is 5.26 Å². The molecule has 1 aliphatic rings. The van der Waals surface area contributed by atoms with Crippen molar-refractivity contribution >= 4 is 5.78 Å². The first-order chi connectivity index (χ1) is 13.8. The zero-order valence-electron chi connectivity index (χ0n) is 17.1. The third-order valence-electron chi connectivity index (χ3n) is 5.81. The lowest BCUT2D eigenvalue weighted by Crippen LogP contribution is -2.31. The normalized spacial score (nSPS) is 14.4. The van der Waals surface area contributed by atoms with Gasteiger partial charge in [-0.2, -0.15) is 5.26 Å². The zero-order valence-corrected chi connectivity index (χ0v) is 17.1. The summed E-state index contributed by atoms with van der Waals surface area (Å²) in [5.74, 6) is -0.258. The Morgan fingerprint density at radius 2 is 1.90 bits per heavy atom. The fraction of sp³-hybridized carbons (Fsp3) is 0.435. The van der Waals surface area contributed by atoms with E-state index in [9.17, 15) is 20.0 Å². The summed E-state index contributed by atoms with van der Waals surface area (Å²) in [7, 11) is 0. The number of Topliss-reactive ketones (excluding diaryl/α,β-unsaturated/α-hetero) is 1. The minimum Gasteiger partial charge on any atom is -0.494 e. The molecule has 0 bridgehead atoms. The van der Waals surface area contributed by atoms with Gasteiger partial charge in [0, 0.05) is 6.04 Å². The molecule has 0 spiro atoms. The van der Waals surface area contributed by atoms with Crippen molar-refractivity contribution in [3.8, 4) is 17.7 Å². The van der Waals surface area contributed by atoms with Crippen LogP contribution in [0.1, 0.15) is 70.8 Å². The van der Waals surface area contributed by atoms with E-state index in [2.05, 4.69) is 0 Å². The molecule has 1 aliphatic carbocycles. The maximum absolute atomic E-state index is 12.9. The van der Waals surface area contributed by atoms with Crippen molar-refractivity contribution in [3.63, 3.8) is 0 Å². The Hall–Kier alpha value is -3.07. The molecule has 0 aliphatic heterocycles. The van der Waals surface area contributed by atoms with Crippen LogP contribution in [0.3, 0.4) is 0 Å². The first-order valence-corrected chi connectivity index (χ1v) is 9.96. The number of pyridine rings is 1. The number of aromatic nitrogens is 1. The van der Waals surface area contributed by atoms with Gasteiger partial charge < -0.3 is 9.84 Å². The number of benzene rings is 1. The van der Waals surface area contributed by atoms with E-state index < -0.39 is 11.3 Å². The van der Waals surface area contributed by atoms with E-state index in [4.69, 9.17) is 4.74 Å². The van der Waals surface area contributed by atoms with Crippen molar-refractivity contribution in [2.45, 2.75) is 58.9 Å². The molecule has 1 saturated carbocycles. The largest absolute Gasteiger partial charge is 0.494 e. The van der Waals surface area contributed by atoms with Crippen molar-refractivity contribution in [2.24, 2.45) is 0 Å². The highest BCUT2D eigenvalue weighted by atomic mass is 16.5. The van der Waals surface area contributed by atoms with Crippen LogP contribution in [0, 0.1) is 32.1 Å². The van der Waals surface area contributed by atoms with Gasteiger partial charge in [-0.1, -0.05) is 25.3 Å². The first-order valence-electron chi connectivity index (χ1n) is 9.96. The monoisotopic (exact) mass is 394 g/mol. The van der Waals surface area contributed by atoms with Crippen LogP contribution in [0.5, 0.6) is 11.6 Å². The lowest BCUT2D eigenvalue weighted by Gasteiger charge is -2.26. The van der Waals surface area contributed by atoms with Crippen LogP contribution in [0.4, 0.5) is 0 Å². The molecular weight excluding hydrogens is 368 g/mol. The van der Waals surface area contributed by atoms with Crippen molar-refractivity contribution in [1.82, 2.24) is 4.57 Å². The summed E-state index contributed by atoms with van der Waals surface area (Å²) in [6.45, 7) is 5.18. The molecule has 1 heterocycles. The molecule has 6 heteroatoms. The van der Waals surface area contributed by atoms with Crippen LogP contribution in [0.2, 0.25) is 0 Å². The number of hydrogen-bond acceptors (Lipinski definition) is 5. The second-order valence-corrected chi connectivity index (χ2v) is 7.74. The molecule has 1 fully saturated rings. The second kappa shape index (κ2) is 8.52. The molecule has 0 radical (unpaired) electrons. The van der Waals surface area contributed by atoms with Crippen LogP contribution in [0.25, 0.3) is 0 Å². The molecule has 1 N–H and O–H groups in total. The maximum Gasteiger partial charge on any atom is 0.271 e. The zero-order chi connectivity index (χ0) is 21.1. The SMILES string of the molecule is Cc1ccc(OCC(=O)c2c(C)c(C#N)c(=O)n(C3CCCCC3)c2O)cc1C. The summed E-state index contributed by atoms with van der Waals surface area (Å²) in [4.78, 5) is 25.7. The maximum atomic E-state index is 12.9. The van der Waals surface area contributed by atoms with Gasteiger partial charge in [0.2, 0.25) is 11.7 Å². The summed E-state index contributed by atoms with van der Waals surface area (Å²) >= 11 is 0. The van der Waals surface area contributed by atoms with E-state index in [1.165, 1.54) is 11.5 Å². The predicted molar refractivity (Wildman–Crippen MR) is 110 cm³/mol. The van der Waals surface area contributed by atoms with Crippen molar-refractivity contribution in [2.75, 3.05) is 6.61 Å². The smallest absolute Gasteiger partial charge is 0.271 e. The standard InChI is InChI=1S/C23H26N2O4/c1-14-9-10-18(11-15(14)2)29-13-20(26)21-16(3)19(12-24)22(27)25(23(21)28)17-7-5-4-6-8-17/h9-11,17,28H,4-8,13H2,1-3H3. The van der Waals surface area contributed by atoms with Gasteiger partial charge in [-0.15, -0.1) is 0 Å². The van der Waals surface area contributed by atoms with E-state index >= 15 is 0 Å². The average Bonchev–Trinajstić information content (AvgIpc) is 2.70. The van der Waals surface area contributed by atoms with E-state index in [1.54, 1.807) is 6.07 Å². The van der Waals surface area contributed by atoms with Crippen LogP contribution in [0.15, 0.2) is 23.0 Å². The number of hydrogen-bond donors (Lipinski definition) is 1. The second-order valence-electron chi connectivity index (χ2n) is 7.74. The van der Waals surface area contributed by atoms with Gasteiger partial charge in [0.05, 0.1) is 5.56 Å². The van der Waals surface area contributed by atoms with Crippen LogP contribution in [-0.4, -0.2) is 22.1 Å². The number of ketones is 1. The molecule has 0 unspecified atom stereocenters. The predicted octanol–water partition coefficient (Wildman–Crippen LogP) is 4.12. The Kier molecular flexibility index (Phi) is 6.07. The molecule has 6 nitrogen and oxygen atoms in total. The number of nitrogens with zero attached hydrogens (tertiary/aromatic N) is 2. The minimum atomic E-state index is -0.527. The summed E-state index contributed by atoms with van der Waals surface area (Å²) in [6.07, 6.45) is 4.47. The molecule has 0 saturated heterocycles. The molecular formula is C23H26N2O4. The number of aromatic hydroxyl groups is 1. The van der Waals surface area contributed by atoms with E-state index in [1.807, 2.05) is 32.0 Å². The number of carbonyl (C=O) groups excluding carboxylic acids is 1. The van der Waals surface area contributed by atoms with Crippen LogP contribution >= 0.6 is 0 Å². The highest BCUT2D eigenvalue weighted by Gasteiger charge is 2.28. The number of carbonyl (C=O) groups is 1. The Bertz CT molecular complexity index is 1040. The fourth-order valence-electron chi connectivity index (χ4n) is 3.96. The Morgan fingerprint density at radius 3 is 2.52 bits per heavy atom. The lowest BCUT2D eigenvalue weighted by molar-refractivity contribution is 0.0915. The number of ether oxygens (including phenoxy) is 1. The topological polar surface area (TPSA) is 92.3 Å². The van der Waals surface area contributed by atoms with Crippen LogP contribution in [-0.2, 0) is 0 Å². The van der Waals surface area contributed by atoms with Crippen molar-refractivity contribution < 1.29 is 14.6 Å². The average molecular weight is 394 g/mol. The summed E-state index contributed by atoms with van der Waals surface area (Å²) in [5.41, 5.74) is 1.75. The van der Waals surface area contributed by atoms with Gasteiger partial charge in [-0.05, 0) is 62.4 Å². The fourth-order valence-corrected chi connectivity index (χ4v) is 3.96. The highest BCUT2D eigenvalue weighted by Crippen LogP contribution is 2.33. The molecule has 1 aromatic carbocycles. The minimum absolute atomic E-state index is 0.00411. The Labute approximate surface area is 170 Å². The third kappa shape index (κ3) is 4.04. The molecule has 0 atom stereocenters. The molecule has 152 valence electrons. The Morgan fingerprint density at radius 1 is 1.21 bits per heavy atom. The molecule has 3 rings (SSSR count). The number of rotatable bonds is 5. The summed E-state index contributed by atoms with van der Waals surface area (Å²) < 4.78 is 6.87. The summed E-state index contributed by atoms with van der Waals surface area (Å²) in [5, 5.41) is 20.3. The summed E-state index contributed by atoms with van der Waals surface area (Å²) in [6, 6.07) is 7.26. The lowest BCUT2D eigenvalue weighted by atomic mass is 9.93. The van der Waals surface area contributed by atoms with E-state index in [-0.39, 0.29) is 35.2 Å². The highest BCUT2D eigenvalue weighted by molar-refractivity contribution is 6.01. The first kappa shape index (κ1) is 20.7. The van der Waals surface area contributed by atoms with Gasteiger partial charge in [0.15, 0.2) is 6.61 Å². The van der Waals surface area contributed by atoms with E-state index in [0.29, 0.717) is 5.75 Å². The van der Waals surface area contributed by atoms with Crippen LogP contribution < -0.4 is 10.3 Å². The third-order valence-corrected chi connectivity index (χ3v) is 5.81. The molecule has 1 aromatic heterocycles. The number of aryl methyl sites for hydroxylation is 2. The Balaban J connectivity index is 1.96. The van der Waals surface area contributed by atoms with Gasteiger partial charge in [-0.25, -0.2) is 0 Å². The van der Waals surface area contributed by atoms with Gasteiger partial charge >= 0.3 is 0 Å². The van der Waals surface area contributed by atoms with Crippen molar-refractivity contribution in [3.05, 3.63) is 56.4 Å². The van der Waals surface area contributed by atoms with Gasteiger partial charge in [0.1, 0.15) is 17.4 Å². The van der Waals surface area contributed by atoms with E-state index in [0.717, 1.165) is 43.2 Å². The molecule has 0 amide bonds. The van der Waals surface area contributed by atoms with Gasteiger partial charge in [0.25, 0.3) is 5.56 Å². The number of nitriles is 1. The van der Waals surface area contributed by atoms with Gasteiger partial charge in [-0.3, -0.25) is 14.2 Å². The quantitative estimate of drug-likeness (QED) is 0.770. The molecule has 2 aromatic rings.